The van der Waals surface area contributed by atoms with Crippen molar-refractivity contribution in [3.8, 4) is 0 Å². The van der Waals surface area contributed by atoms with Gasteiger partial charge >= 0.3 is 0 Å². The van der Waals surface area contributed by atoms with E-state index in [2.05, 4.69) is 20.9 Å². The van der Waals surface area contributed by atoms with E-state index >= 15 is 0 Å². The summed E-state index contributed by atoms with van der Waals surface area (Å²) < 4.78 is 0.932. The fourth-order valence-electron chi connectivity index (χ4n) is 2.07. The van der Waals surface area contributed by atoms with Gasteiger partial charge < -0.3 is 4.98 Å². The topological polar surface area (TPSA) is 53.2 Å². The number of nitrogens with one attached hydrogen (secondary N) is 1. The normalized spacial score (nSPS) is 15.7. The van der Waals surface area contributed by atoms with Crippen LogP contribution in [0.25, 0.3) is 16.5 Å². The Labute approximate surface area is 111 Å². The van der Waals surface area contributed by atoms with Gasteiger partial charge in [0.05, 0.1) is 5.57 Å². The minimum absolute atomic E-state index is 0.263. The number of nitrogens with zero attached hydrogens (tertiary/aromatic N) is 1. The number of aromatic nitrogens is 1. The molecule has 0 fully saturated rings. The summed E-state index contributed by atoms with van der Waals surface area (Å²) in [6.07, 6.45) is 3.14. The van der Waals surface area contributed by atoms with Gasteiger partial charge in [0.15, 0.2) is 0 Å². The Hall–Kier alpha value is -1.88. The Morgan fingerprint density at radius 1 is 1.28 bits per heavy atom. The molecule has 2 amide bonds. The molecule has 0 aliphatic carbocycles. The lowest BCUT2D eigenvalue weighted by atomic mass is 10.1. The number of imide groups is 1. The number of benzene rings is 1. The molecule has 1 aliphatic rings. The first-order valence-electron chi connectivity index (χ1n) is 5.38. The lowest BCUT2D eigenvalue weighted by Crippen LogP contribution is -2.25. The fraction of sp³-hybridized carbons (Fsp3) is 0.0769. The third-order valence-corrected chi connectivity index (χ3v) is 3.56. The molecular formula is C13H9BrN2O2. The molecule has 18 heavy (non-hydrogen) atoms. The van der Waals surface area contributed by atoms with Crippen LogP contribution in [-0.4, -0.2) is 28.7 Å². The summed E-state index contributed by atoms with van der Waals surface area (Å²) in [5, 5.41) is 0.923. The maximum atomic E-state index is 12.0. The van der Waals surface area contributed by atoms with Gasteiger partial charge in [-0.25, -0.2) is 0 Å². The molecule has 2 heterocycles. The van der Waals surface area contributed by atoms with E-state index in [1.807, 2.05) is 18.2 Å². The summed E-state index contributed by atoms with van der Waals surface area (Å²) in [7, 11) is 1.49. The van der Waals surface area contributed by atoms with Crippen molar-refractivity contribution < 1.29 is 9.59 Å². The highest BCUT2D eigenvalue weighted by Crippen LogP contribution is 2.30. The summed E-state index contributed by atoms with van der Waals surface area (Å²) in [6, 6.07) is 5.78. The van der Waals surface area contributed by atoms with E-state index in [4.69, 9.17) is 0 Å². The first-order chi connectivity index (χ1) is 8.58. The van der Waals surface area contributed by atoms with E-state index in [1.165, 1.54) is 13.1 Å². The molecule has 4 nitrogen and oxygen atoms in total. The molecule has 90 valence electrons. The minimum Gasteiger partial charge on any atom is -0.361 e. The second kappa shape index (κ2) is 3.81. The van der Waals surface area contributed by atoms with Crippen LogP contribution in [0.2, 0.25) is 0 Å². The zero-order chi connectivity index (χ0) is 12.9. The lowest BCUT2D eigenvalue weighted by Gasteiger charge is -2.06. The van der Waals surface area contributed by atoms with Crippen LogP contribution in [0.5, 0.6) is 0 Å². The molecule has 1 aliphatic heterocycles. The molecule has 0 saturated heterocycles. The summed E-state index contributed by atoms with van der Waals surface area (Å²) >= 11 is 3.40. The van der Waals surface area contributed by atoms with Crippen LogP contribution in [0.1, 0.15) is 5.56 Å². The molecule has 5 heteroatoms. The molecule has 1 aromatic carbocycles. The van der Waals surface area contributed by atoms with Crippen molar-refractivity contribution in [2.24, 2.45) is 0 Å². The highest BCUT2D eigenvalue weighted by atomic mass is 79.9. The van der Waals surface area contributed by atoms with Crippen molar-refractivity contribution in [1.29, 1.82) is 0 Å². The smallest absolute Gasteiger partial charge is 0.261 e. The maximum Gasteiger partial charge on any atom is 0.261 e. The fourth-order valence-corrected chi connectivity index (χ4v) is 2.43. The first kappa shape index (κ1) is 11.2. The van der Waals surface area contributed by atoms with Crippen LogP contribution in [0.3, 0.4) is 0 Å². The molecule has 1 N–H and O–H groups in total. The average Bonchev–Trinajstić information content (AvgIpc) is 2.86. The van der Waals surface area contributed by atoms with Gasteiger partial charge in [0.25, 0.3) is 11.8 Å². The van der Waals surface area contributed by atoms with Crippen molar-refractivity contribution in [2.75, 3.05) is 7.05 Å². The largest absolute Gasteiger partial charge is 0.361 e. The molecule has 3 rings (SSSR count). The van der Waals surface area contributed by atoms with Crippen LogP contribution in [0.15, 0.2) is 34.9 Å². The van der Waals surface area contributed by atoms with Gasteiger partial charge in [-0.15, -0.1) is 0 Å². The summed E-state index contributed by atoms with van der Waals surface area (Å²) in [5.41, 5.74) is 2.13. The third kappa shape index (κ3) is 1.51. The number of H-pyrrole nitrogens is 1. The number of amides is 2. The van der Waals surface area contributed by atoms with Crippen molar-refractivity contribution >= 4 is 44.2 Å². The van der Waals surface area contributed by atoms with Crippen molar-refractivity contribution in [1.82, 2.24) is 9.88 Å². The standard InChI is InChI=1S/C13H9BrN2O2/c1-16-12(17)5-9(13(16)18)10-6-15-11-3-2-7(14)4-8(10)11/h2-6,15H,1H3. The Kier molecular flexibility index (Phi) is 2.38. The van der Waals surface area contributed by atoms with E-state index in [-0.39, 0.29) is 11.8 Å². The lowest BCUT2D eigenvalue weighted by molar-refractivity contribution is -0.134. The van der Waals surface area contributed by atoms with Crippen LogP contribution in [0, 0.1) is 0 Å². The molecule has 0 saturated carbocycles. The highest BCUT2D eigenvalue weighted by Gasteiger charge is 2.29. The molecular weight excluding hydrogens is 296 g/mol. The van der Waals surface area contributed by atoms with Crippen LogP contribution in [0.4, 0.5) is 0 Å². The number of fused-ring (bicyclic) bond motifs is 1. The molecule has 1 aromatic heterocycles. The van der Waals surface area contributed by atoms with Crippen LogP contribution >= 0.6 is 15.9 Å². The van der Waals surface area contributed by atoms with Crippen molar-refractivity contribution in [2.45, 2.75) is 0 Å². The van der Waals surface area contributed by atoms with E-state index in [0.717, 1.165) is 25.8 Å². The minimum atomic E-state index is -0.278. The van der Waals surface area contributed by atoms with Gasteiger partial charge in [-0.3, -0.25) is 14.5 Å². The first-order valence-corrected chi connectivity index (χ1v) is 6.18. The predicted octanol–water partition coefficient (Wildman–Crippen LogP) is 2.31. The van der Waals surface area contributed by atoms with Gasteiger partial charge in [-0.2, -0.15) is 0 Å². The Bertz CT molecular complexity index is 715. The maximum absolute atomic E-state index is 12.0. The number of carbonyl (C=O) groups excluding carboxylic acids is 2. The highest BCUT2D eigenvalue weighted by molar-refractivity contribution is 9.10. The number of halogens is 1. The van der Waals surface area contributed by atoms with Crippen LogP contribution < -0.4 is 0 Å². The van der Waals surface area contributed by atoms with Crippen molar-refractivity contribution in [3.05, 3.63) is 40.5 Å². The third-order valence-electron chi connectivity index (χ3n) is 3.07. The monoisotopic (exact) mass is 304 g/mol. The number of carbonyl (C=O) groups is 2. The Balaban J connectivity index is 2.22. The summed E-state index contributed by atoms with van der Waals surface area (Å²) in [4.78, 5) is 27.7. The van der Waals surface area contributed by atoms with Gasteiger partial charge in [0.2, 0.25) is 0 Å². The predicted molar refractivity (Wildman–Crippen MR) is 71.8 cm³/mol. The van der Waals surface area contributed by atoms with Gasteiger partial charge in [0, 0.05) is 40.3 Å². The number of hydrogen-bond donors (Lipinski definition) is 1. The number of aromatic amines is 1. The Morgan fingerprint density at radius 3 is 2.72 bits per heavy atom. The van der Waals surface area contributed by atoms with Gasteiger partial charge in [-0.1, -0.05) is 15.9 Å². The zero-order valence-electron chi connectivity index (χ0n) is 9.53. The van der Waals surface area contributed by atoms with Crippen molar-refractivity contribution in [3.63, 3.8) is 0 Å². The number of hydrogen-bond acceptors (Lipinski definition) is 2. The van der Waals surface area contributed by atoms with Crippen LogP contribution in [-0.2, 0) is 9.59 Å². The van der Waals surface area contributed by atoms with E-state index in [9.17, 15) is 9.59 Å². The number of rotatable bonds is 1. The SMILES string of the molecule is CN1C(=O)C=C(c2c[nH]c3ccc(Br)cc23)C1=O. The average molecular weight is 305 g/mol. The summed E-state index contributed by atoms with van der Waals surface area (Å²) in [6.45, 7) is 0. The Morgan fingerprint density at radius 2 is 2.06 bits per heavy atom. The second-order valence-corrected chi connectivity index (χ2v) is 5.07. The quantitative estimate of drug-likeness (QED) is 0.822. The summed E-state index contributed by atoms with van der Waals surface area (Å²) in [5.74, 6) is -0.541. The van der Waals surface area contributed by atoms with Gasteiger partial charge in [0.1, 0.15) is 0 Å². The molecule has 0 radical (unpaired) electrons. The van der Waals surface area contributed by atoms with Gasteiger partial charge in [-0.05, 0) is 18.2 Å². The van der Waals surface area contributed by atoms with E-state index < -0.39 is 0 Å². The molecule has 0 atom stereocenters. The van der Waals surface area contributed by atoms with E-state index in [0.29, 0.717) is 5.57 Å². The van der Waals surface area contributed by atoms with E-state index in [1.54, 1.807) is 6.20 Å². The second-order valence-electron chi connectivity index (χ2n) is 4.15. The molecule has 0 spiro atoms. The molecule has 0 unspecified atom stereocenters. The zero-order valence-corrected chi connectivity index (χ0v) is 11.1. The molecule has 0 bridgehead atoms. The number of likely N-dealkylation sites (N-methyl/N-ethyl adjacent to an activating group) is 1. The molecule has 2 aromatic rings.